The number of β-amino-alcohol motifs (C(OH)–C–C–N with tert-alkyl or cyclic N) is 1. The summed E-state index contributed by atoms with van der Waals surface area (Å²) >= 11 is 0. The number of aliphatic hydroxyl groups excluding tert-OH is 1. The molecule has 0 fully saturated rings. The number of nitrogens with one attached hydrogen (secondary N) is 3. The van der Waals surface area contributed by atoms with E-state index in [-0.39, 0.29) is 25.0 Å². The van der Waals surface area contributed by atoms with E-state index in [9.17, 15) is 14.7 Å². The Hall–Kier alpha value is -2.98. The zero-order chi connectivity index (χ0) is 24.9. The highest BCUT2D eigenvalue weighted by Gasteiger charge is 2.18. The van der Waals surface area contributed by atoms with Gasteiger partial charge in [0.2, 0.25) is 0 Å². The van der Waals surface area contributed by atoms with Gasteiger partial charge < -0.3 is 30.5 Å². The smallest absolute Gasteiger partial charge is 0.258 e. The summed E-state index contributed by atoms with van der Waals surface area (Å²) in [5.74, 6) is -0.111. The number of amides is 2. The van der Waals surface area contributed by atoms with Gasteiger partial charge >= 0.3 is 0 Å². The van der Waals surface area contributed by atoms with Crippen molar-refractivity contribution in [1.29, 1.82) is 0 Å². The molecule has 35 heavy (non-hydrogen) atoms. The average Bonchev–Trinajstić information content (AvgIpc) is 2.88. The highest BCUT2D eigenvalue weighted by atomic mass is 16.5. The van der Waals surface area contributed by atoms with Gasteiger partial charge in [-0.05, 0) is 35.7 Å². The van der Waals surface area contributed by atoms with Gasteiger partial charge in [-0.1, -0.05) is 30.3 Å². The molecule has 0 radical (unpaired) electrons. The molecular weight excluding hydrogens is 448 g/mol. The molecule has 9 nitrogen and oxygen atoms in total. The first-order valence-corrected chi connectivity index (χ1v) is 12.0. The minimum absolute atomic E-state index is 0.154. The Balaban J connectivity index is 1.33. The fraction of sp³-hybridized carbons (Fsp3) is 0.462. The third kappa shape index (κ3) is 9.29. The summed E-state index contributed by atoms with van der Waals surface area (Å²) in [6.07, 6.45) is 0.297. The highest BCUT2D eigenvalue weighted by Crippen LogP contribution is 2.18. The number of hydrogen-bond donors (Lipinski definition) is 4. The Bertz CT molecular complexity index is 955. The monoisotopic (exact) mass is 484 g/mol. The molecule has 0 saturated heterocycles. The molecule has 190 valence electrons. The summed E-state index contributed by atoms with van der Waals surface area (Å²) in [5, 5.41) is 19.1. The quantitative estimate of drug-likeness (QED) is 0.290. The van der Waals surface area contributed by atoms with Gasteiger partial charge in [-0.25, -0.2) is 0 Å². The zero-order valence-corrected chi connectivity index (χ0v) is 20.3. The van der Waals surface area contributed by atoms with Gasteiger partial charge in [-0.2, -0.15) is 0 Å². The second kappa shape index (κ2) is 14.4. The molecule has 1 heterocycles. The van der Waals surface area contributed by atoms with Crippen molar-refractivity contribution in [3.8, 4) is 5.75 Å². The van der Waals surface area contributed by atoms with E-state index in [1.165, 1.54) is 11.1 Å². The van der Waals surface area contributed by atoms with Crippen LogP contribution in [0.15, 0.2) is 48.5 Å². The van der Waals surface area contributed by atoms with Crippen LogP contribution in [-0.4, -0.2) is 87.5 Å². The summed E-state index contributed by atoms with van der Waals surface area (Å²) in [5.41, 5.74) is 3.11. The summed E-state index contributed by atoms with van der Waals surface area (Å²) in [4.78, 5) is 26.7. The van der Waals surface area contributed by atoms with Crippen LogP contribution in [0.5, 0.6) is 5.75 Å². The minimum atomic E-state index is -0.666. The molecule has 2 aromatic rings. The van der Waals surface area contributed by atoms with Crippen LogP contribution in [0.4, 0.5) is 0 Å². The van der Waals surface area contributed by atoms with Crippen LogP contribution >= 0.6 is 0 Å². The van der Waals surface area contributed by atoms with Gasteiger partial charge in [-0.3, -0.25) is 14.5 Å². The number of ether oxygens (including phenoxy) is 2. The maximum absolute atomic E-state index is 12.3. The number of carbonyl (C=O) groups excluding carboxylic acids is 2. The van der Waals surface area contributed by atoms with Crippen LogP contribution < -0.4 is 20.7 Å². The van der Waals surface area contributed by atoms with Crippen molar-refractivity contribution in [2.45, 2.75) is 19.1 Å². The topological polar surface area (TPSA) is 112 Å². The Kier molecular flexibility index (Phi) is 11.0. The molecule has 2 aromatic carbocycles. The van der Waals surface area contributed by atoms with Crippen LogP contribution in [0.25, 0.3) is 0 Å². The van der Waals surface area contributed by atoms with Crippen LogP contribution in [0, 0.1) is 0 Å². The van der Waals surface area contributed by atoms with Crippen molar-refractivity contribution in [2.24, 2.45) is 0 Å². The van der Waals surface area contributed by atoms with E-state index in [4.69, 9.17) is 9.47 Å². The number of aliphatic hydroxyl groups is 1. The lowest BCUT2D eigenvalue weighted by Gasteiger charge is -2.30. The van der Waals surface area contributed by atoms with Crippen LogP contribution in [-0.2, 0) is 22.5 Å². The van der Waals surface area contributed by atoms with Gasteiger partial charge in [0, 0.05) is 58.5 Å². The van der Waals surface area contributed by atoms with E-state index in [0.29, 0.717) is 37.6 Å². The van der Waals surface area contributed by atoms with Crippen LogP contribution in [0.3, 0.4) is 0 Å². The fourth-order valence-electron chi connectivity index (χ4n) is 3.90. The number of methoxy groups -OCH3 is 1. The van der Waals surface area contributed by atoms with Crippen molar-refractivity contribution in [1.82, 2.24) is 20.9 Å². The van der Waals surface area contributed by atoms with E-state index in [2.05, 4.69) is 39.0 Å². The molecule has 1 aliphatic rings. The Morgan fingerprint density at radius 2 is 1.89 bits per heavy atom. The van der Waals surface area contributed by atoms with Gasteiger partial charge in [0.05, 0.1) is 12.7 Å². The second-order valence-electron chi connectivity index (χ2n) is 8.53. The number of benzene rings is 2. The molecular formula is C26H36N4O5. The first-order chi connectivity index (χ1) is 17.0. The number of hydrogen-bond acceptors (Lipinski definition) is 7. The minimum Gasteiger partial charge on any atom is -0.484 e. The predicted octanol–water partition coefficient (Wildman–Crippen LogP) is 0.567. The normalized spacial score (nSPS) is 14.1. The number of fused-ring (bicyclic) bond motifs is 1. The molecule has 0 saturated carbocycles. The molecule has 0 spiro atoms. The molecule has 2 amide bonds. The molecule has 4 N–H and O–H groups in total. The molecule has 1 aliphatic heterocycles. The lowest BCUT2D eigenvalue weighted by atomic mass is 10.00. The first kappa shape index (κ1) is 26.6. The number of carbonyl (C=O) groups is 2. The Morgan fingerprint density at radius 1 is 1.06 bits per heavy atom. The van der Waals surface area contributed by atoms with Crippen molar-refractivity contribution in [3.63, 3.8) is 0 Å². The molecule has 1 atom stereocenters. The highest BCUT2D eigenvalue weighted by molar-refractivity contribution is 5.94. The van der Waals surface area contributed by atoms with E-state index < -0.39 is 6.10 Å². The van der Waals surface area contributed by atoms with E-state index in [1.807, 2.05) is 6.07 Å². The zero-order valence-electron chi connectivity index (χ0n) is 20.3. The molecule has 3 rings (SSSR count). The third-order valence-corrected chi connectivity index (χ3v) is 5.75. The molecule has 1 unspecified atom stereocenters. The van der Waals surface area contributed by atoms with E-state index in [1.54, 1.807) is 31.4 Å². The SMILES string of the molecule is COCCNCCNC(=O)c1cccc(OCC(=O)NCC(O)CN2CCc3ccccc3C2)c1. The summed E-state index contributed by atoms with van der Waals surface area (Å²) < 4.78 is 10.5. The van der Waals surface area contributed by atoms with E-state index >= 15 is 0 Å². The standard InChI is InChI=1S/C26H36N4O5/c1-34-14-12-27-10-11-28-26(33)21-7-4-8-24(15-21)35-19-25(32)29-16-23(31)18-30-13-9-20-5-2-3-6-22(20)17-30/h2-8,15,23,27,31H,9-14,16-19H2,1H3,(H,28,33)(H,29,32). The average molecular weight is 485 g/mol. The van der Waals surface area contributed by atoms with Crippen molar-refractivity contribution < 1.29 is 24.2 Å². The lowest BCUT2D eigenvalue weighted by molar-refractivity contribution is -0.123. The molecule has 9 heteroatoms. The summed E-state index contributed by atoms with van der Waals surface area (Å²) in [6, 6.07) is 15.0. The van der Waals surface area contributed by atoms with Gasteiger partial charge in [0.15, 0.2) is 6.61 Å². The summed E-state index contributed by atoms with van der Waals surface area (Å²) in [6.45, 7) is 4.62. The molecule has 0 aliphatic carbocycles. The Morgan fingerprint density at radius 3 is 2.71 bits per heavy atom. The van der Waals surface area contributed by atoms with Crippen molar-refractivity contribution in [2.75, 3.05) is 59.6 Å². The lowest BCUT2D eigenvalue weighted by Crippen LogP contribution is -2.42. The predicted molar refractivity (Wildman–Crippen MR) is 133 cm³/mol. The maximum Gasteiger partial charge on any atom is 0.258 e. The third-order valence-electron chi connectivity index (χ3n) is 5.75. The Labute approximate surface area is 206 Å². The van der Waals surface area contributed by atoms with Gasteiger partial charge in [-0.15, -0.1) is 0 Å². The largest absolute Gasteiger partial charge is 0.484 e. The van der Waals surface area contributed by atoms with Gasteiger partial charge in [0.1, 0.15) is 5.75 Å². The number of rotatable bonds is 14. The molecule has 0 bridgehead atoms. The number of nitrogens with zero attached hydrogens (tertiary/aromatic N) is 1. The maximum atomic E-state index is 12.3. The first-order valence-electron chi connectivity index (χ1n) is 12.0. The molecule has 0 aromatic heterocycles. The van der Waals surface area contributed by atoms with E-state index in [0.717, 1.165) is 26.1 Å². The fourth-order valence-corrected chi connectivity index (χ4v) is 3.90. The van der Waals surface area contributed by atoms with Crippen LogP contribution in [0.2, 0.25) is 0 Å². The van der Waals surface area contributed by atoms with Gasteiger partial charge in [0.25, 0.3) is 11.8 Å². The van der Waals surface area contributed by atoms with Crippen LogP contribution in [0.1, 0.15) is 21.5 Å². The van der Waals surface area contributed by atoms with Crippen molar-refractivity contribution >= 4 is 11.8 Å². The van der Waals surface area contributed by atoms with Crippen molar-refractivity contribution in [3.05, 3.63) is 65.2 Å². The second-order valence-corrected chi connectivity index (χ2v) is 8.53. The summed E-state index contributed by atoms with van der Waals surface area (Å²) in [7, 11) is 1.64.